The molecule has 0 bridgehead atoms. The van der Waals surface area contributed by atoms with Crippen LogP contribution in [0, 0.1) is 11.8 Å². The number of rotatable bonds is 2. The Morgan fingerprint density at radius 3 is 1.04 bits per heavy atom. The molecule has 0 aliphatic heterocycles. The number of aliphatic carboxylic acids is 2. The molecule has 6 nitrogen and oxygen atoms in total. The Morgan fingerprint density at radius 2 is 0.893 bits per heavy atom. The Kier molecular flexibility index (Phi) is 7.38. The summed E-state index contributed by atoms with van der Waals surface area (Å²) < 4.78 is 73.2. The van der Waals surface area contributed by atoms with E-state index in [1.165, 1.54) is 0 Å². The van der Waals surface area contributed by atoms with Gasteiger partial charge in [-0.25, -0.2) is 0 Å². The monoisotopic (exact) mass is 422 g/mol. The van der Waals surface area contributed by atoms with Crippen LogP contribution in [-0.2, 0) is 9.59 Å². The van der Waals surface area contributed by atoms with Gasteiger partial charge < -0.3 is 21.7 Å². The lowest BCUT2D eigenvalue weighted by atomic mass is 9.77. The van der Waals surface area contributed by atoms with E-state index >= 15 is 0 Å². The summed E-state index contributed by atoms with van der Waals surface area (Å²) >= 11 is 0. The molecule has 2 rings (SSSR count). The van der Waals surface area contributed by atoms with Crippen molar-refractivity contribution in [3.05, 3.63) is 0 Å². The van der Waals surface area contributed by atoms with Gasteiger partial charge in [0.2, 0.25) is 0 Å². The van der Waals surface area contributed by atoms with Crippen LogP contribution in [0.1, 0.15) is 51.4 Å². The summed E-state index contributed by atoms with van der Waals surface area (Å²) in [6.07, 6.45) is -9.62. The fourth-order valence-corrected chi connectivity index (χ4v) is 3.35. The predicted octanol–water partition coefficient (Wildman–Crippen LogP) is 3.04. The maximum Gasteiger partial charge on any atom is 0.391 e. The van der Waals surface area contributed by atoms with E-state index in [1.807, 2.05) is 0 Å². The summed E-state index contributed by atoms with van der Waals surface area (Å²) in [6, 6.07) is 0. The van der Waals surface area contributed by atoms with Gasteiger partial charge in [-0.1, -0.05) is 0 Å². The van der Waals surface area contributed by atoms with Gasteiger partial charge in [0.15, 0.2) is 0 Å². The first-order chi connectivity index (χ1) is 12.5. The fourth-order valence-electron chi connectivity index (χ4n) is 3.35. The van der Waals surface area contributed by atoms with Crippen LogP contribution >= 0.6 is 0 Å². The molecule has 0 aromatic carbocycles. The molecule has 12 heteroatoms. The topological polar surface area (TPSA) is 127 Å². The summed E-state index contributed by atoms with van der Waals surface area (Å²) in [5.74, 6) is -5.20. The van der Waals surface area contributed by atoms with Crippen LogP contribution in [0.25, 0.3) is 0 Å². The zero-order valence-electron chi connectivity index (χ0n) is 14.9. The number of alkyl halides is 6. The number of nitrogens with two attached hydrogens (primary N) is 2. The van der Waals surface area contributed by atoms with E-state index < -0.39 is 47.2 Å². The standard InChI is InChI=1S/2C8H12F3NO2/c2*9-8(10,11)5-1-3-7(12,4-2-5)6(13)14/h2*5H,1-4,12H2,(H,13,14). The molecule has 2 aliphatic rings. The van der Waals surface area contributed by atoms with Crippen LogP contribution in [-0.4, -0.2) is 45.6 Å². The van der Waals surface area contributed by atoms with E-state index in [0.29, 0.717) is 0 Å². The van der Waals surface area contributed by atoms with Crippen molar-refractivity contribution in [1.29, 1.82) is 0 Å². The summed E-state index contributed by atoms with van der Waals surface area (Å²) in [4.78, 5) is 21.3. The average Bonchev–Trinajstić information content (AvgIpc) is 2.54. The lowest BCUT2D eigenvalue weighted by Gasteiger charge is -2.34. The lowest BCUT2D eigenvalue weighted by Crippen LogP contribution is -2.51. The minimum Gasteiger partial charge on any atom is -0.480 e. The molecule has 2 fully saturated rings. The van der Waals surface area contributed by atoms with E-state index in [0.717, 1.165) is 0 Å². The number of carboxylic acid groups (broad SMARTS) is 2. The summed E-state index contributed by atoms with van der Waals surface area (Å²) in [5.41, 5.74) is 7.97. The van der Waals surface area contributed by atoms with Crippen molar-refractivity contribution in [1.82, 2.24) is 0 Å². The Labute approximate surface area is 157 Å². The second-order valence-corrected chi connectivity index (χ2v) is 7.55. The first-order valence-corrected chi connectivity index (χ1v) is 8.69. The molecule has 0 amide bonds. The molecule has 0 aromatic heterocycles. The van der Waals surface area contributed by atoms with E-state index in [9.17, 15) is 35.9 Å². The quantitative estimate of drug-likeness (QED) is 0.507. The molecule has 2 saturated carbocycles. The highest BCUT2D eigenvalue weighted by Crippen LogP contribution is 2.41. The van der Waals surface area contributed by atoms with E-state index in [-0.39, 0.29) is 51.4 Å². The van der Waals surface area contributed by atoms with Gasteiger partial charge in [0.1, 0.15) is 11.1 Å². The zero-order valence-corrected chi connectivity index (χ0v) is 14.9. The molecular weight excluding hydrogens is 398 g/mol. The van der Waals surface area contributed by atoms with Crippen LogP contribution in [0.15, 0.2) is 0 Å². The molecule has 2 aliphatic carbocycles. The molecule has 6 N–H and O–H groups in total. The second kappa shape index (κ2) is 8.44. The van der Waals surface area contributed by atoms with Crippen LogP contribution in [0.5, 0.6) is 0 Å². The van der Waals surface area contributed by atoms with Gasteiger partial charge >= 0.3 is 24.3 Å². The van der Waals surface area contributed by atoms with Gasteiger partial charge in [-0.05, 0) is 51.4 Å². The molecule has 28 heavy (non-hydrogen) atoms. The first kappa shape index (κ1) is 24.5. The van der Waals surface area contributed by atoms with E-state index in [4.69, 9.17) is 21.7 Å². The van der Waals surface area contributed by atoms with Crippen molar-refractivity contribution in [2.24, 2.45) is 23.3 Å². The summed E-state index contributed by atoms with van der Waals surface area (Å²) in [7, 11) is 0. The molecule has 0 aromatic rings. The maximum absolute atomic E-state index is 12.2. The number of carbonyl (C=O) groups is 2. The highest BCUT2D eigenvalue weighted by Gasteiger charge is 2.48. The minimum absolute atomic E-state index is 0.105. The molecule has 0 heterocycles. The SMILES string of the molecule is NC1(C(=O)O)CCC(C(F)(F)F)CC1.NC1(C(=O)O)CCC(C(F)(F)F)CC1. The Morgan fingerprint density at radius 1 is 0.679 bits per heavy atom. The average molecular weight is 422 g/mol. The Balaban J connectivity index is 0.000000280. The lowest BCUT2D eigenvalue weighted by molar-refractivity contribution is -0.187. The van der Waals surface area contributed by atoms with Crippen LogP contribution in [0.2, 0.25) is 0 Å². The van der Waals surface area contributed by atoms with Crippen molar-refractivity contribution in [3.63, 3.8) is 0 Å². The first-order valence-electron chi connectivity index (χ1n) is 8.69. The Bertz CT molecular complexity index is 512. The normalized spacial score (nSPS) is 34.1. The van der Waals surface area contributed by atoms with Crippen LogP contribution < -0.4 is 11.5 Å². The van der Waals surface area contributed by atoms with Crippen molar-refractivity contribution in [2.75, 3.05) is 0 Å². The maximum atomic E-state index is 12.2. The third-order valence-electron chi connectivity index (χ3n) is 5.53. The second-order valence-electron chi connectivity index (χ2n) is 7.55. The van der Waals surface area contributed by atoms with Gasteiger partial charge in [0.25, 0.3) is 0 Å². The summed E-state index contributed by atoms with van der Waals surface area (Å²) in [5, 5.41) is 17.4. The number of halogens is 6. The largest absolute Gasteiger partial charge is 0.480 e. The van der Waals surface area contributed by atoms with Crippen molar-refractivity contribution >= 4 is 11.9 Å². The number of hydrogen-bond acceptors (Lipinski definition) is 4. The predicted molar refractivity (Wildman–Crippen MR) is 85.1 cm³/mol. The van der Waals surface area contributed by atoms with Crippen LogP contribution in [0.4, 0.5) is 26.3 Å². The molecule has 0 radical (unpaired) electrons. The van der Waals surface area contributed by atoms with E-state index in [1.54, 1.807) is 0 Å². The van der Waals surface area contributed by atoms with E-state index in [2.05, 4.69) is 0 Å². The van der Waals surface area contributed by atoms with Crippen molar-refractivity contribution in [2.45, 2.75) is 74.8 Å². The van der Waals surface area contributed by atoms with Crippen molar-refractivity contribution < 1.29 is 46.1 Å². The molecule has 0 saturated heterocycles. The van der Waals surface area contributed by atoms with Gasteiger partial charge in [-0.15, -0.1) is 0 Å². The zero-order chi connectivity index (χ0) is 22.0. The minimum atomic E-state index is -4.22. The van der Waals surface area contributed by atoms with Gasteiger partial charge in [-0.2, -0.15) is 26.3 Å². The number of hydrogen-bond donors (Lipinski definition) is 4. The summed E-state index contributed by atoms with van der Waals surface area (Å²) in [6.45, 7) is 0. The molecular formula is C16H24F6N2O4. The highest BCUT2D eigenvalue weighted by atomic mass is 19.4. The number of carboxylic acids is 2. The molecule has 0 atom stereocenters. The third kappa shape index (κ3) is 6.23. The smallest absolute Gasteiger partial charge is 0.391 e. The third-order valence-corrected chi connectivity index (χ3v) is 5.53. The Hall–Kier alpha value is -1.56. The van der Waals surface area contributed by atoms with Crippen molar-refractivity contribution in [3.8, 4) is 0 Å². The van der Waals surface area contributed by atoms with Gasteiger partial charge in [0.05, 0.1) is 11.8 Å². The molecule has 0 unspecified atom stereocenters. The van der Waals surface area contributed by atoms with Gasteiger partial charge in [-0.3, -0.25) is 9.59 Å². The van der Waals surface area contributed by atoms with Crippen LogP contribution in [0.3, 0.4) is 0 Å². The highest BCUT2D eigenvalue weighted by molar-refractivity contribution is 5.78. The molecule has 0 spiro atoms. The van der Waals surface area contributed by atoms with Gasteiger partial charge in [0, 0.05) is 0 Å². The molecule has 164 valence electrons. The fraction of sp³-hybridized carbons (Fsp3) is 0.875.